The molecule has 29 heavy (non-hydrogen) atoms. The quantitative estimate of drug-likeness (QED) is 0.318. The second-order valence-electron chi connectivity index (χ2n) is 9.08. The van der Waals surface area contributed by atoms with Crippen LogP contribution in [0.15, 0.2) is 42.5 Å². The maximum atomic E-state index is 12.0. The molecule has 1 aromatic rings. The van der Waals surface area contributed by atoms with Gasteiger partial charge in [0.05, 0.1) is 12.2 Å². The SMILES string of the molecule is CN(O)C(=O)C(C)(C)CC/C=C\C[C@@H]1[C@H](CSCc2ccccc2)[C@@H]2CC[C@H]1O2. The van der Waals surface area contributed by atoms with Crippen molar-refractivity contribution < 1.29 is 14.7 Å². The van der Waals surface area contributed by atoms with Gasteiger partial charge >= 0.3 is 0 Å². The Morgan fingerprint density at radius 2 is 1.90 bits per heavy atom. The number of nitrogens with zero attached hydrogens (tertiary/aromatic N) is 1. The first-order chi connectivity index (χ1) is 13.9. The van der Waals surface area contributed by atoms with Gasteiger partial charge in [0.25, 0.3) is 5.91 Å². The van der Waals surface area contributed by atoms with Crippen LogP contribution in [0.25, 0.3) is 0 Å². The molecule has 0 saturated carbocycles. The molecule has 160 valence electrons. The fourth-order valence-corrected chi connectivity index (χ4v) is 5.96. The molecule has 0 aromatic heterocycles. The third kappa shape index (κ3) is 5.87. The number of allylic oxidation sites excluding steroid dienone is 2. The number of hydrogen-bond donors (Lipinski definition) is 1. The van der Waals surface area contributed by atoms with E-state index in [2.05, 4.69) is 42.5 Å². The Morgan fingerprint density at radius 3 is 2.59 bits per heavy atom. The second kappa shape index (κ2) is 10.1. The number of ether oxygens (including phenoxy) is 1. The van der Waals surface area contributed by atoms with Crippen LogP contribution in [0.1, 0.15) is 51.5 Å². The van der Waals surface area contributed by atoms with Crippen LogP contribution < -0.4 is 0 Å². The molecule has 2 heterocycles. The van der Waals surface area contributed by atoms with Gasteiger partial charge in [-0.1, -0.05) is 56.3 Å². The lowest BCUT2D eigenvalue weighted by Crippen LogP contribution is -2.36. The van der Waals surface area contributed by atoms with E-state index in [0.29, 0.717) is 29.1 Å². The van der Waals surface area contributed by atoms with Crippen LogP contribution in [0, 0.1) is 17.3 Å². The van der Waals surface area contributed by atoms with Gasteiger partial charge in [-0.2, -0.15) is 11.8 Å². The molecule has 2 aliphatic heterocycles. The van der Waals surface area contributed by atoms with Gasteiger partial charge in [-0.3, -0.25) is 10.0 Å². The minimum Gasteiger partial charge on any atom is -0.374 e. The van der Waals surface area contributed by atoms with E-state index >= 15 is 0 Å². The highest BCUT2D eigenvalue weighted by Gasteiger charge is 2.47. The van der Waals surface area contributed by atoms with Crippen LogP contribution in [0.5, 0.6) is 0 Å². The molecule has 0 unspecified atom stereocenters. The molecule has 5 heteroatoms. The van der Waals surface area contributed by atoms with Gasteiger partial charge < -0.3 is 4.74 Å². The summed E-state index contributed by atoms with van der Waals surface area (Å²) in [7, 11) is 1.39. The number of carbonyl (C=O) groups excluding carboxylic acids is 1. The van der Waals surface area contributed by atoms with E-state index in [1.807, 2.05) is 25.6 Å². The van der Waals surface area contributed by atoms with Gasteiger partial charge in [-0.15, -0.1) is 0 Å². The number of rotatable bonds is 10. The molecule has 1 aromatic carbocycles. The smallest absolute Gasteiger partial charge is 0.251 e. The first-order valence-electron chi connectivity index (χ1n) is 10.8. The molecule has 1 N–H and O–H groups in total. The predicted octanol–water partition coefficient (Wildman–Crippen LogP) is 5.31. The number of hydroxylamine groups is 2. The maximum Gasteiger partial charge on any atom is 0.251 e. The molecular formula is C24H35NO3S. The van der Waals surface area contributed by atoms with E-state index in [9.17, 15) is 10.0 Å². The largest absolute Gasteiger partial charge is 0.374 e. The minimum absolute atomic E-state index is 0.233. The van der Waals surface area contributed by atoms with Gasteiger partial charge in [-0.25, -0.2) is 5.06 Å². The highest BCUT2D eigenvalue weighted by molar-refractivity contribution is 7.98. The van der Waals surface area contributed by atoms with Gasteiger partial charge in [0.2, 0.25) is 0 Å². The van der Waals surface area contributed by atoms with Crippen LogP contribution >= 0.6 is 11.8 Å². The number of carbonyl (C=O) groups is 1. The summed E-state index contributed by atoms with van der Waals surface area (Å²) in [6.45, 7) is 3.78. The van der Waals surface area contributed by atoms with Crippen molar-refractivity contribution in [3.05, 3.63) is 48.0 Å². The molecule has 0 spiro atoms. The van der Waals surface area contributed by atoms with E-state index in [0.717, 1.165) is 25.0 Å². The molecule has 2 fully saturated rings. The predicted molar refractivity (Wildman–Crippen MR) is 119 cm³/mol. The van der Waals surface area contributed by atoms with Crippen molar-refractivity contribution in [3.8, 4) is 0 Å². The number of hydrogen-bond acceptors (Lipinski definition) is 4. The van der Waals surface area contributed by atoms with Crippen LogP contribution in [-0.2, 0) is 15.3 Å². The summed E-state index contributed by atoms with van der Waals surface area (Å²) < 4.78 is 6.24. The molecule has 3 rings (SSSR count). The highest BCUT2D eigenvalue weighted by atomic mass is 32.2. The van der Waals surface area contributed by atoms with Gasteiger partial charge in [0.15, 0.2) is 0 Å². The number of fused-ring (bicyclic) bond motifs is 2. The van der Waals surface area contributed by atoms with Gasteiger partial charge in [-0.05, 0) is 55.3 Å². The lowest BCUT2D eigenvalue weighted by Gasteiger charge is -2.27. The van der Waals surface area contributed by atoms with Crippen molar-refractivity contribution in [2.75, 3.05) is 12.8 Å². The topological polar surface area (TPSA) is 49.8 Å². The summed E-state index contributed by atoms with van der Waals surface area (Å²) in [5.74, 6) is 3.26. The summed E-state index contributed by atoms with van der Waals surface area (Å²) in [6.07, 6.45) is 10.4. The molecule has 0 aliphatic carbocycles. The lowest BCUT2D eigenvalue weighted by atomic mass is 9.78. The van der Waals surface area contributed by atoms with Crippen LogP contribution in [0.2, 0.25) is 0 Å². The van der Waals surface area contributed by atoms with Crippen molar-refractivity contribution >= 4 is 17.7 Å². The second-order valence-corrected chi connectivity index (χ2v) is 10.1. The molecule has 2 bridgehead atoms. The van der Waals surface area contributed by atoms with E-state index in [4.69, 9.17) is 4.74 Å². The first-order valence-corrected chi connectivity index (χ1v) is 11.9. The van der Waals surface area contributed by atoms with Crippen LogP contribution in [0.3, 0.4) is 0 Å². The standard InChI is InChI=1S/C24H35NO3S/c1-24(2,23(26)25(3)27)15-9-5-8-12-19-20(22-14-13-21(19)28-22)17-29-16-18-10-6-4-7-11-18/h4-8,10-11,19-22,27H,9,12-17H2,1-3H3/b8-5-/t19-,20+,21-,22+/m1/s1. The molecule has 4 nitrogen and oxygen atoms in total. The third-order valence-electron chi connectivity index (χ3n) is 6.40. The molecule has 1 amide bonds. The van der Waals surface area contributed by atoms with Crippen molar-refractivity contribution in [1.82, 2.24) is 5.06 Å². The van der Waals surface area contributed by atoms with Gasteiger partial charge in [0, 0.05) is 18.2 Å². The van der Waals surface area contributed by atoms with Crippen LogP contribution in [-0.4, -0.2) is 41.2 Å². The molecule has 0 radical (unpaired) electrons. The molecule has 2 aliphatic rings. The summed E-state index contributed by atoms with van der Waals surface area (Å²) in [5.41, 5.74) is 0.851. The van der Waals surface area contributed by atoms with Gasteiger partial charge in [0.1, 0.15) is 0 Å². The Bertz CT molecular complexity index is 689. The Morgan fingerprint density at radius 1 is 1.21 bits per heavy atom. The zero-order chi connectivity index (χ0) is 20.9. The summed E-state index contributed by atoms with van der Waals surface area (Å²) in [5, 5.41) is 10.1. The number of thioether (sulfide) groups is 1. The Hall–Kier alpha value is -1.30. The van der Waals surface area contributed by atoms with E-state index in [1.165, 1.54) is 31.2 Å². The third-order valence-corrected chi connectivity index (χ3v) is 7.55. The normalized spacial score (nSPS) is 26.3. The Kier molecular flexibility index (Phi) is 7.83. The maximum absolute atomic E-state index is 12.0. The number of amides is 1. The average Bonchev–Trinajstić information content (AvgIpc) is 3.30. The summed E-state index contributed by atoms with van der Waals surface area (Å²) >= 11 is 2.03. The summed E-state index contributed by atoms with van der Waals surface area (Å²) in [6, 6.07) is 10.7. The van der Waals surface area contributed by atoms with E-state index in [1.54, 1.807) is 0 Å². The molecular weight excluding hydrogens is 382 g/mol. The van der Waals surface area contributed by atoms with E-state index < -0.39 is 5.41 Å². The monoisotopic (exact) mass is 417 g/mol. The minimum atomic E-state index is -0.542. The lowest BCUT2D eigenvalue weighted by molar-refractivity contribution is -0.169. The molecule has 4 atom stereocenters. The molecule has 2 saturated heterocycles. The Balaban J connectivity index is 1.45. The number of benzene rings is 1. The fraction of sp³-hybridized carbons (Fsp3) is 0.625. The van der Waals surface area contributed by atoms with Crippen LogP contribution in [0.4, 0.5) is 0 Å². The van der Waals surface area contributed by atoms with E-state index in [-0.39, 0.29) is 5.91 Å². The zero-order valence-electron chi connectivity index (χ0n) is 17.9. The summed E-state index contributed by atoms with van der Waals surface area (Å²) in [4.78, 5) is 12.0. The Labute approximate surface area is 179 Å². The fourth-order valence-electron chi connectivity index (χ4n) is 4.68. The zero-order valence-corrected chi connectivity index (χ0v) is 18.7. The average molecular weight is 418 g/mol. The highest BCUT2D eigenvalue weighted by Crippen LogP contribution is 2.46. The van der Waals surface area contributed by atoms with Crippen molar-refractivity contribution in [3.63, 3.8) is 0 Å². The van der Waals surface area contributed by atoms with Crippen molar-refractivity contribution in [2.45, 2.75) is 63.9 Å². The van der Waals surface area contributed by atoms with Crippen molar-refractivity contribution in [2.24, 2.45) is 17.3 Å². The van der Waals surface area contributed by atoms with Crippen molar-refractivity contribution in [1.29, 1.82) is 0 Å². The first kappa shape index (κ1) is 22.4.